The van der Waals surface area contributed by atoms with Crippen LogP contribution in [0.2, 0.25) is 0 Å². The number of hydrogen-bond donors (Lipinski definition) is 0. The number of nitrogens with zero attached hydrogens (tertiary/aromatic N) is 4. The molecule has 4 heterocycles. The summed E-state index contributed by atoms with van der Waals surface area (Å²) in [6.07, 6.45) is 0. The average molecular weight is 755 g/mol. The second kappa shape index (κ2) is 12.2. The van der Waals surface area contributed by atoms with Crippen molar-refractivity contribution in [3.63, 3.8) is 0 Å². The lowest BCUT2D eigenvalue weighted by Gasteiger charge is -2.13. The van der Waals surface area contributed by atoms with Crippen LogP contribution in [0.25, 0.3) is 127 Å². The molecule has 13 aromatic rings. The van der Waals surface area contributed by atoms with Gasteiger partial charge in [0, 0.05) is 49.0 Å². The lowest BCUT2D eigenvalue weighted by molar-refractivity contribution is 0.666. The highest BCUT2D eigenvalue weighted by Gasteiger charge is 2.23. The molecule has 0 bridgehead atoms. The largest absolute Gasteiger partial charge is 0.456 e. The quantitative estimate of drug-likeness (QED) is 0.179. The third-order valence-electron chi connectivity index (χ3n) is 11.8. The minimum absolute atomic E-state index is 0.558. The Morgan fingerprint density at radius 2 is 0.949 bits per heavy atom. The van der Waals surface area contributed by atoms with E-state index < -0.39 is 0 Å². The molecular formula is C53H30N4O2. The Morgan fingerprint density at radius 1 is 0.356 bits per heavy atom. The summed E-state index contributed by atoms with van der Waals surface area (Å²) in [6, 6.07) is 63.3. The van der Waals surface area contributed by atoms with Crippen LogP contribution in [0, 0.1) is 0 Å². The molecule has 13 rings (SSSR count). The minimum Gasteiger partial charge on any atom is -0.456 e. The van der Waals surface area contributed by atoms with Gasteiger partial charge in [-0.15, -0.1) is 0 Å². The Bertz CT molecular complexity index is 3870. The fraction of sp³-hybridized carbons (Fsp3) is 0. The van der Waals surface area contributed by atoms with Gasteiger partial charge < -0.3 is 13.4 Å². The van der Waals surface area contributed by atoms with E-state index in [4.69, 9.17) is 23.8 Å². The second-order valence-electron chi connectivity index (χ2n) is 15.1. The van der Waals surface area contributed by atoms with Gasteiger partial charge in [0.25, 0.3) is 0 Å². The number of furan rings is 2. The van der Waals surface area contributed by atoms with E-state index in [2.05, 4.69) is 144 Å². The molecule has 0 aliphatic heterocycles. The van der Waals surface area contributed by atoms with Gasteiger partial charge >= 0.3 is 0 Å². The van der Waals surface area contributed by atoms with Gasteiger partial charge in [-0.1, -0.05) is 133 Å². The van der Waals surface area contributed by atoms with E-state index in [9.17, 15) is 0 Å². The molecule has 0 aliphatic carbocycles. The SMILES string of the molecule is c1ccc2cc3c(cc2c1)c1ccccc1n3-c1cc(-c2nc(-c3cccc4ccccc34)nc(-c3cccc4oc5ccccc5c34)n2)cc2c1oc1ccccc12. The molecule has 0 saturated carbocycles. The predicted octanol–water partition coefficient (Wildman–Crippen LogP) is 14.1. The van der Waals surface area contributed by atoms with Crippen molar-refractivity contribution in [2.75, 3.05) is 0 Å². The molecule has 0 N–H and O–H groups in total. The summed E-state index contributed by atoms with van der Waals surface area (Å²) in [6.45, 7) is 0. The summed E-state index contributed by atoms with van der Waals surface area (Å²) < 4.78 is 15.5. The molecule has 4 aromatic heterocycles. The van der Waals surface area contributed by atoms with Crippen LogP contribution < -0.4 is 0 Å². The van der Waals surface area contributed by atoms with Crippen molar-refractivity contribution in [3.05, 3.63) is 182 Å². The van der Waals surface area contributed by atoms with Crippen LogP contribution in [0.15, 0.2) is 191 Å². The molecule has 274 valence electrons. The first-order valence-corrected chi connectivity index (χ1v) is 19.8. The van der Waals surface area contributed by atoms with E-state index in [0.29, 0.717) is 17.5 Å². The molecule has 6 heteroatoms. The van der Waals surface area contributed by atoms with Gasteiger partial charge in [-0.25, -0.2) is 15.0 Å². The number of fused-ring (bicyclic) bond motifs is 11. The zero-order chi connectivity index (χ0) is 38.6. The van der Waals surface area contributed by atoms with Crippen LogP contribution in [0.1, 0.15) is 0 Å². The first-order valence-electron chi connectivity index (χ1n) is 19.8. The van der Waals surface area contributed by atoms with Gasteiger partial charge in [0.05, 0.1) is 16.7 Å². The lowest BCUT2D eigenvalue weighted by atomic mass is 10.0. The third-order valence-corrected chi connectivity index (χ3v) is 11.8. The zero-order valence-corrected chi connectivity index (χ0v) is 31.4. The van der Waals surface area contributed by atoms with E-state index in [1.807, 2.05) is 42.5 Å². The van der Waals surface area contributed by atoms with Crippen molar-refractivity contribution in [1.29, 1.82) is 0 Å². The Kier molecular flexibility index (Phi) is 6.63. The standard InChI is InChI=1S/C53H30N4O2/c1-2-15-33-29-44-41(27-32(33)14-1)36-18-5-8-23-43(36)57(44)45-30-34(28-42-37-19-6-9-24-46(37)59-50(42)45)51-54-52(38-21-11-16-31-13-3-4-17-35(31)38)56-53(55-51)40-22-12-26-48-49(40)39-20-7-10-25-47(39)58-48/h1-30H. The molecule has 9 aromatic carbocycles. The summed E-state index contributed by atoms with van der Waals surface area (Å²) in [7, 11) is 0. The summed E-state index contributed by atoms with van der Waals surface area (Å²) in [5.41, 5.74) is 8.96. The molecule has 0 unspecified atom stereocenters. The molecule has 0 amide bonds. The number of para-hydroxylation sites is 3. The van der Waals surface area contributed by atoms with Crippen molar-refractivity contribution in [1.82, 2.24) is 19.5 Å². The second-order valence-corrected chi connectivity index (χ2v) is 15.1. The molecule has 6 nitrogen and oxygen atoms in total. The van der Waals surface area contributed by atoms with Crippen LogP contribution in [-0.4, -0.2) is 19.5 Å². The lowest BCUT2D eigenvalue weighted by Crippen LogP contribution is -2.02. The molecule has 0 fully saturated rings. The van der Waals surface area contributed by atoms with E-state index >= 15 is 0 Å². The first kappa shape index (κ1) is 32.0. The topological polar surface area (TPSA) is 69.9 Å². The van der Waals surface area contributed by atoms with Gasteiger partial charge in [0.15, 0.2) is 23.1 Å². The normalized spacial score (nSPS) is 12.1. The van der Waals surface area contributed by atoms with Crippen molar-refractivity contribution in [3.8, 4) is 39.9 Å². The van der Waals surface area contributed by atoms with E-state index in [-0.39, 0.29) is 0 Å². The van der Waals surface area contributed by atoms with Crippen molar-refractivity contribution in [2.24, 2.45) is 0 Å². The molecule has 0 atom stereocenters. The van der Waals surface area contributed by atoms with Crippen LogP contribution in [0.3, 0.4) is 0 Å². The van der Waals surface area contributed by atoms with Gasteiger partial charge in [-0.2, -0.15) is 0 Å². The van der Waals surface area contributed by atoms with Gasteiger partial charge in [0.2, 0.25) is 0 Å². The van der Waals surface area contributed by atoms with E-state index in [1.54, 1.807) is 0 Å². The predicted molar refractivity (Wildman–Crippen MR) is 240 cm³/mol. The summed E-state index contributed by atoms with van der Waals surface area (Å²) in [4.78, 5) is 16.0. The van der Waals surface area contributed by atoms with Gasteiger partial charge in [-0.3, -0.25) is 0 Å². The Labute approximate surface area is 336 Å². The number of aromatic nitrogens is 4. The van der Waals surface area contributed by atoms with Crippen LogP contribution in [0.5, 0.6) is 0 Å². The number of rotatable bonds is 4. The van der Waals surface area contributed by atoms with Crippen LogP contribution in [0.4, 0.5) is 0 Å². The summed E-state index contributed by atoms with van der Waals surface area (Å²) in [5, 5.41) is 10.9. The fourth-order valence-corrected chi connectivity index (χ4v) is 9.15. The van der Waals surface area contributed by atoms with E-state index in [0.717, 1.165) is 88.1 Å². The molecular weight excluding hydrogens is 725 g/mol. The molecule has 0 radical (unpaired) electrons. The number of benzene rings is 9. The van der Waals surface area contributed by atoms with Crippen molar-refractivity contribution >= 4 is 87.2 Å². The van der Waals surface area contributed by atoms with Crippen LogP contribution in [-0.2, 0) is 0 Å². The van der Waals surface area contributed by atoms with Crippen molar-refractivity contribution < 1.29 is 8.83 Å². The van der Waals surface area contributed by atoms with Crippen LogP contribution >= 0.6 is 0 Å². The zero-order valence-electron chi connectivity index (χ0n) is 31.4. The molecule has 0 spiro atoms. The summed E-state index contributed by atoms with van der Waals surface area (Å²) in [5.74, 6) is 1.72. The monoisotopic (exact) mass is 754 g/mol. The molecule has 59 heavy (non-hydrogen) atoms. The fourth-order valence-electron chi connectivity index (χ4n) is 9.15. The van der Waals surface area contributed by atoms with Gasteiger partial charge in [0.1, 0.15) is 16.7 Å². The number of hydrogen-bond acceptors (Lipinski definition) is 5. The highest BCUT2D eigenvalue weighted by Crippen LogP contribution is 2.42. The molecule has 0 aliphatic rings. The van der Waals surface area contributed by atoms with E-state index in [1.165, 1.54) is 21.5 Å². The first-order chi connectivity index (χ1) is 29.2. The smallest absolute Gasteiger partial charge is 0.164 e. The maximum Gasteiger partial charge on any atom is 0.164 e. The molecule has 0 saturated heterocycles. The highest BCUT2D eigenvalue weighted by molar-refractivity contribution is 6.16. The van der Waals surface area contributed by atoms with Crippen molar-refractivity contribution in [2.45, 2.75) is 0 Å². The Balaban J connectivity index is 1.15. The maximum absolute atomic E-state index is 6.81. The minimum atomic E-state index is 0.558. The highest BCUT2D eigenvalue weighted by atomic mass is 16.3. The third kappa shape index (κ3) is 4.77. The Morgan fingerprint density at radius 3 is 1.80 bits per heavy atom. The van der Waals surface area contributed by atoms with Gasteiger partial charge in [-0.05, 0) is 70.1 Å². The average Bonchev–Trinajstić information content (AvgIpc) is 3.97. The Hall–Kier alpha value is -8.09. The maximum atomic E-state index is 6.81. The summed E-state index contributed by atoms with van der Waals surface area (Å²) >= 11 is 0.